The highest BCUT2D eigenvalue weighted by Gasteiger charge is 2.20. The SMILES string of the molecule is c1cc(-c2c(-n3c4ccccc4c4ccccc43)ccc3c2sc2ccccc23)cc(-n2c3ccccc3c3ccccc32)c1. The molecule has 0 aliphatic heterocycles. The zero-order valence-corrected chi connectivity index (χ0v) is 25.1. The van der Waals surface area contributed by atoms with Crippen molar-refractivity contribution < 1.29 is 0 Å². The van der Waals surface area contributed by atoms with Gasteiger partial charge in [-0.05, 0) is 54.1 Å². The number of para-hydroxylation sites is 4. The molecular weight excluding hydrogens is 565 g/mol. The summed E-state index contributed by atoms with van der Waals surface area (Å²) in [6, 6.07) is 57.7. The molecule has 0 N–H and O–H groups in total. The summed E-state index contributed by atoms with van der Waals surface area (Å²) in [5.41, 5.74) is 9.73. The summed E-state index contributed by atoms with van der Waals surface area (Å²) in [5, 5.41) is 7.71. The smallest absolute Gasteiger partial charge is 0.0555 e. The summed E-state index contributed by atoms with van der Waals surface area (Å²) in [5.74, 6) is 0. The standard InChI is InChI=1S/C42H26N2S/c1-6-19-35-29(14-1)30-15-2-7-20-36(30)43(35)28-13-11-12-27(26-28)41-39(25-24-34-33-18-5-10-23-40(33)45-42(34)41)44-37-21-8-3-16-31(37)32-17-4-9-22-38(32)44/h1-26H. The third-order valence-corrected chi connectivity index (χ3v) is 10.5. The van der Waals surface area contributed by atoms with Crippen molar-refractivity contribution in [1.82, 2.24) is 9.13 Å². The summed E-state index contributed by atoms with van der Waals surface area (Å²) in [4.78, 5) is 0. The molecule has 3 heteroatoms. The molecule has 0 spiro atoms. The molecule has 0 saturated heterocycles. The Morgan fingerprint density at radius 3 is 1.49 bits per heavy atom. The van der Waals surface area contributed by atoms with Crippen LogP contribution < -0.4 is 0 Å². The molecule has 2 nitrogen and oxygen atoms in total. The minimum Gasteiger partial charge on any atom is -0.309 e. The molecule has 0 radical (unpaired) electrons. The highest BCUT2D eigenvalue weighted by atomic mass is 32.1. The van der Waals surface area contributed by atoms with Crippen LogP contribution in [0.1, 0.15) is 0 Å². The van der Waals surface area contributed by atoms with Gasteiger partial charge in [0.15, 0.2) is 0 Å². The van der Waals surface area contributed by atoms with Gasteiger partial charge in [0.05, 0.1) is 27.8 Å². The maximum absolute atomic E-state index is 2.47. The van der Waals surface area contributed by atoms with Gasteiger partial charge in [0.25, 0.3) is 0 Å². The highest BCUT2D eigenvalue weighted by molar-refractivity contribution is 7.26. The first kappa shape index (κ1) is 24.8. The molecule has 3 aromatic heterocycles. The van der Waals surface area contributed by atoms with Crippen molar-refractivity contribution in [3.63, 3.8) is 0 Å². The van der Waals surface area contributed by atoms with Crippen LogP contribution in [0.4, 0.5) is 0 Å². The molecule has 0 aliphatic carbocycles. The topological polar surface area (TPSA) is 9.86 Å². The number of nitrogens with zero attached hydrogens (tertiary/aromatic N) is 2. The lowest BCUT2D eigenvalue weighted by molar-refractivity contribution is 1.17. The van der Waals surface area contributed by atoms with E-state index in [0.29, 0.717) is 0 Å². The number of rotatable bonds is 3. The summed E-state index contributed by atoms with van der Waals surface area (Å²) < 4.78 is 7.51. The van der Waals surface area contributed by atoms with Crippen LogP contribution >= 0.6 is 11.3 Å². The predicted octanol–water partition coefficient (Wildman–Crippen LogP) is 11.9. The number of fused-ring (bicyclic) bond motifs is 9. The second kappa shape index (κ2) is 9.43. The van der Waals surface area contributed by atoms with Gasteiger partial charge in [0.2, 0.25) is 0 Å². The normalized spacial score (nSPS) is 12.0. The Morgan fingerprint density at radius 2 is 0.889 bits per heavy atom. The maximum atomic E-state index is 2.47. The molecule has 3 heterocycles. The van der Waals surface area contributed by atoms with Crippen molar-refractivity contribution in [3.05, 3.63) is 158 Å². The van der Waals surface area contributed by atoms with E-state index in [9.17, 15) is 0 Å². The molecule has 0 saturated carbocycles. The van der Waals surface area contributed by atoms with E-state index in [1.807, 2.05) is 11.3 Å². The van der Waals surface area contributed by atoms with Crippen molar-refractivity contribution in [1.29, 1.82) is 0 Å². The average Bonchev–Trinajstić information content (AvgIpc) is 3.76. The van der Waals surface area contributed by atoms with Crippen molar-refractivity contribution in [2.24, 2.45) is 0 Å². The van der Waals surface area contributed by atoms with Gasteiger partial charge in [0, 0.05) is 53.0 Å². The van der Waals surface area contributed by atoms with E-state index in [-0.39, 0.29) is 0 Å². The molecule has 0 amide bonds. The van der Waals surface area contributed by atoms with Gasteiger partial charge in [-0.3, -0.25) is 0 Å². The van der Waals surface area contributed by atoms with Gasteiger partial charge in [-0.2, -0.15) is 0 Å². The first-order valence-corrected chi connectivity index (χ1v) is 16.2. The summed E-state index contributed by atoms with van der Waals surface area (Å²) in [6.45, 7) is 0. The van der Waals surface area contributed by atoms with Gasteiger partial charge in [0.1, 0.15) is 0 Å². The van der Waals surface area contributed by atoms with Crippen LogP contribution in [0.2, 0.25) is 0 Å². The van der Waals surface area contributed by atoms with Crippen LogP contribution in [0.25, 0.3) is 86.3 Å². The van der Waals surface area contributed by atoms with Crippen LogP contribution in [0, 0.1) is 0 Å². The average molecular weight is 591 g/mol. The highest BCUT2D eigenvalue weighted by Crippen LogP contribution is 2.45. The Hall–Kier alpha value is -5.64. The molecule has 10 rings (SSSR count). The van der Waals surface area contributed by atoms with Crippen molar-refractivity contribution in [2.75, 3.05) is 0 Å². The number of thiophene rings is 1. The molecule has 0 aliphatic rings. The third-order valence-electron chi connectivity index (χ3n) is 9.32. The van der Waals surface area contributed by atoms with E-state index in [2.05, 4.69) is 167 Å². The van der Waals surface area contributed by atoms with Crippen molar-refractivity contribution >= 4 is 75.1 Å². The zero-order valence-electron chi connectivity index (χ0n) is 24.3. The number of hydrogen-bond donors (Lipinski definition) is 0. The molecular formula is C42H26N2S. The van der Waals surface area contributed by atoms with Gasteiger partial charge < -0.3 is 9.13 Å². The second-order valence-corrected chi connectivity index (χ2v) is 12.8. The molecule has 45 heavy (non-hydrogen) atoms. The van der Waals surface area contributed by atoms with Gasteiger partial charge >= 0.3 is 0 Å². The largest absolute Gasteiger partial charge is 0.309 e. The Kier molecular flexibility index (Phi) is 5.19. The van der Waals surface area contributed by atoms with E-state index in [0.717, 1.165) is 5.69 Å². The second-order valence-electron chi connectivity index (χ2n) is 11.7. The van der Waals surface area contributed by atoms with E-state index in [4.69, 9.17) is 0 Å². The minimum atomic E-state index is 1.16. The quantitative estimate of drug-likeness (QED) is 0.194. The summed E-state index contributed by atoms with van der Waals surface area (Å²) >= 11 is 1.89. The summed E-state index contributed by atoms with van der Waals surface area (Å²) in [7, 11) is 0. The lowest BCUT2D eigenvalue weighted by atomic mass is 9.99. The molecule has 0 unspecified atom stereocenters. The van der Waals surface area contributed by atoms with E-state index >= 15 is 0 Å². The van der Waals surface area contributed by atoms with Crippen LogP contribution in [0.5, 0.6) is 0 Å². The Balaban J connectivity index is 1.33. The monoisotopic (exact) mass is 590 g/mol. The third kappa shape index (κ3) is 3.50. The maximum Gasteiger partial charge on any atom is 0.0555 e. The van der Waals surface area contributed by atoms with Gasteiger partial charge in [-0.1, -0.05) is 109 Å². The Bertz CT molecular complexity index is 2670. The van der Waals surface area contributed by atoms with Gasteiger partial charge in [-0.25, -0.2) is 0 Å². The fourth-order valence-corrected chi connectivity index (χ4v) is 8.69. The lowest BCUT2D eigenvalue weighted by Crippen LogP contribution is -1.99. The lowest BCUT2D eigenvalue weighted by Gasteiger charge is -2.17. The number of benzene rings is 7. The number of aromatic nitrogens is 2. The van der Waals surface area contributed by atoms with E-state index in [1.54, 1.807) is 0 Å². The van der Waals surface area contributed by atoms with E-state index in [1.165, 1.54) is 80.6 Å². The Morgan fingerprint density at radius 1 is 0.378 bits per heavy atom. The molecule has 210 valence electrons. The van der Waals surface area contributed by atoms with Gasteiger partial charge in [-0.15, -0.1) is 11.3 Å². The van der Waals surface area contributed by atoms with Crippen LogP contribution in [-0.2, 0) is 0 Å². The zero-order chi connectivity index (χ0) is 29.5. The minimum absolute atomic E-state index is 1.16. The number of hydrogen-bond acceptors (Lipinski definition) is 1. The van der Waals surface area contributed by atoms with E-state index < -0.39 is 0 Å². The van der Waals surface area contributed by atoms with Crippen LogP contribution in [-0.4, -0.2) is 9.13 Å². The van der Waals surface area contributed by atoms with Crippen LogP contribution in [0.15, 0.2) is 158 Å². The summed E-state index contributed by atoms with van der Waals surface area (Å²) in [6.07, 6.45) is 0. The molecule has 0 bridgehead atoms. The molecule has 7 aromatic carbocycles. The fourth-order valence-electron chi connectivity index (χ4n) is 7.43. The van der Waals surface area contributed by atoms with Crippen molar-refractivity contribution in [2.45, 2.75) is 0 Å². The fraction of sp³-hybridized carbons (Fsp3) is 0. The predicted molar refractivity (Wildman–Crippen MR) is 193 cm³/mol. The van der Waals surface area contributed by atoms with Crippen LogP contribution in [0.3, 0.4) is 0 Å². The first-order chi connectivity index (χ1) is 22.3. The molecule has 0 atom stereocenters. The first-order valence-electron chi connectivity index (χ1n) is 15.4. The molecule has 10 aromatic rings. The Labute approximate surface area is 263 Å². The van der Waals surface area contributed by atoms with Crippen molar-refractivity contribution in [3.8, 4) is 22.5 Å². The molecule has 0 fully saturated rings.